The van der Waals surface area contributed by atoms with Gasteiger partial charge < -0.3 is 20.3 Å². The van der Waals surface area contributed by atoms with E-state index in [0.717, 1.165) is 0 Å². The predicted octanol–water partition coefficient (Wildman–Crippen LogP) is 1.33. The molecule has 0 radical (unpaired) electrons. The maximum absolute atomic E-state index is 13.3. The van der Waals surface area contributed by atoms with Crippen molar-refractivity contribution in [3.05, 3.63) is 23.8 Å². The summed E-state index contributed by atoms with van der Waals surface area (Å²) in [5.74, 6) is -2.80. The summed E-state index contributed by atoms with van der Waals surface area (Å²) in [6, 6.07) is 2.78. The Morgan fingerprint density at radius 2 is 2.00 bits per heavy atom. The van der Waals surface area contributed by atoms with Crippen LogP contribution >= 0.6 is 0 Å². The van der Waals surface area contributed by atoms with Gasteiger partial charge in [0, 0.05) is 5.56 Å². The summed E-state index contributed by atoms with van der Waals surface area (Å²) in [4.78, 5) is 0. The van der Waals surface area contributed by atoms with Gasteiger partial charge in [0.05, 0.1) is 14.2 Å². The van der Waals surface area contributed by atoms with Crippen molar-refractivity contribution in [3.8, 4) is 11.5 Å². The number of ether oxygens (including phenoxy) is 2. The van der Waals surface area contributed by atoms with Gasteiger partial charge in [-0.25, -0.2) is 8.78 Å². The number of nitrogens with two attached hydrogens (primary N) is 1. The molecule has 0 aliphatic heterocycles. The molecule has 96 valence electrons. The molecule has 0 saturated carbocycles. The van der Waals surface area contributed by atoms with Crippen molar-refractivity contribution >= 4 is 0 Å². The highest BCUT2D eigenvalue weighted by molar-refractivity contribution is 5.43. The summed E-state index contributed by atoms with van der Waals surface area (Å²) >= 11 is 0. The van der Waals surface area contributed by atoms with Gasteiger partial charge in [-0.2, -0.15) is 0 Å². The number of hydrogen-bond acceptors (Lipinski definition) is 4. The first-order valence-corrected chi connectivity index (χ1v) is 4.92. The molecule has 0 aliphatic rings. The van der Waals surface area contributed by atoms with Crippen LogP contribution in [0.25, 0.3) is 0 Å². The lowest BCUT2D eigenvalue weighted by Crippen LogP contribution is -2.36. The van der Waals surface area contributed by atoms with Crippen LogP contribution in [0.1, 0.15) is 11.6 Å². The molecule has 0 amide bonds. The maximum atomic E-state index is 13.3. The van der Waals surface area contributed by atoms with E-state index >= 15 is 0 Å². The van der Waals surface area contributed by atoms with E-state index in [1.165, 1.54) is 26.4 Å². The number of alkyl halides is 2. The van der Waals surface area contributed by atoms with Gasteiger partial charge in [0.2, 0.25) is 0 Å². The highest BCUT2D eigenvalue weighted by Gasteiger charge is 2.39. The van der Waals surface area contributed by atoms with Crippen molar-refractivity contribution in [2.24, 2.45) is 5.73 Å². The van der Waals surface area contributed by atoms with Crippen LogP contribution in [0.3, 0.4) is 0 Å². The van der Waals surface area contributed by atoms with Crippen molar-refractivity contribution in [1.82, 2.24) is 0 Å². The topological polar surface area (TPSA) is 64.7 Å². The van der Waals surface area contributed by atoms with Crippen LogP contribution in [0, 0.1) is 0 Å². The van der Waals surface area contributed by atoms with Gasteiger partial charge in [0.1, 0.15) is 24.1 Å². The minimum atomic E-state index is -3.42. The molecule has 0 fully saturated rings. The summed E-state index contributed by atoms with van der Waals surface area (Å²) in [7, 11) is 2.77. The molecule has 0 aromatic heterocycles. The second kappa shape index (κ2) is 5.29. The molecule has 0 heterocycles. The van der Waals surface area contributed by atoms with E-state index in [9.17, 15) is 8.78 Å². The van der Waals surface area contributed by atoms with Crippen LogP contribution in [0.4, 0.5) is 8.78 Å². The lowest BCUT2D eigenvalue weighted by molar-refractivity contribution is -0.0716. The number of aliphatic hydroxyl groups is 1. The van der Waals surface area contributed by atoms with Gasteiger partial charge in [0.15, 0.2) is 0 Å². The average Bonchev–Trinajstić information content (AvgIpc) is 2.36. The standard InChI is InChI=1S/C11H15F2NO3/c1-16-7-3-4-9(17-2)8(5-7)10(14)11(12,13)6-15/h3-5,10,15H,6,14H2,1-2H3/t10-/m0/s1. The molecule has 0 saturated heterocycles. The Labute approximate surface area is 97.9 Å². The fraction of sp³-hybridized carbons (Fsp3) is 0.455. The molecule has 1 aromatic carbocycles. The summed E-state index contributed by atoms with van der Waals surface area (Å²) in [5.41, 5.74) is 5.53. The van der Waals surface area contributed by atoms with Crippen molar-refractivity contribution < 1.29 is 23.4 Å². The SMILES string of the molecule is COc1ccc(OC)c([C@H](N)C(F)(F)CO)c1. The first kappa shape index (κ1) is 13.7. The molecule has 1 atom stereocenters. The van der Waals surface area contributed by atoms with Crippen molar-refractivity contribution in [2.75, 3.05) is 20.8 Å². The number of hydrogen-bond donors (Lipinski definition) is 2. The second-order valence-electron chi connectivity index (χ2n) is 3.50. The Morgan fingerprint density at radius 3 is 2.47 bits per heavy atom. The Bertz CT molecular complexity index is 385. The molecule has 3 N–H and O–H groups in total. The molecule has 0 bridgehead atoms. The van der Waals surface area contributed by atoms with Crippen LogP contribution in [-0.2, 0) is 0 Å². The maximum Gasteiger partial charge on any atom is 0.289 e. The van der Waals surface area contributed by atoms with Gasteiger partial charge in [-0.3, -0.25) is 0 Å². The van der Waals surface area contributed by atoms with Gasteiger partial charge in [-0.1, -0.05) is 0 Å². The minimum Gasteiger partial charge on any atom is -0.497 e. The number of benzene rings is 1. The first-order valence-electron chi connectivity index (χ1n) is 4.92. The monoisotopic (exact) mass is 247 g/mol. The zero-order valence-corrected chi connectivity index (χ0v) is 9.61. The van der Waals surface area contributed by atoms with Gasteiger partial charge in [-0.05, 0) is 18.2 Å². The summed E-state index contributed by atoms with van der Waals surface area (Å²) in [6.07, 6.45) is 0. The molecule has 0 unspecified atom stereocenters. The minimum absolute atomic E-state index is 0.0888. The van der Waals surface area contributed by atoms with Crippen LogP contribution < -0.4 is 15.2 Å². The molecule has 0 spiro atoms. The number of rotatable bonds is 5. The first-order chi connectivity index (χ1) is 7.96. The summed E-state index contributed by atoms with van der Waals surface area (Å²) in [5, 5.41) is 8.61. The van der Waals surface area contributed by atoms with Crippen LogP contribution in [0.15, 0.2) is 18.2 Å². The van der Waals surface area contributed by atoms with Crippen LogP contribution in [0.5, 0.6) is 11.5 Å². The molecule has 17 heavy (non-hydrogen) atoms. The van der Waals surface area contributed by atoms with Crippen molar-refractivity contribution in [3.63, 3.8) is 0 Å². The van der Waals surface area contributed by atoms with Gasteiger partial charge >= 0.3 is 0 Å². The third-order valence-electron chi connectivity index (χ3n) is 2.44. The lowest BCUT2D eigenvalue weighted by Gasteiger charge is -2.23. The zero-order valence-electron chi connectivity index (χ0n) is 9.61. The smallest absolute Gasteiger partial charge is 0.289 e. The number of methoxy groups -OCH3 is 2. The van der Waals surface area contributed by atoms with E-state index in [0.29, 0.717) is 5.75 Å². The van der Waals surface area contributed by atoms with E-state index in [4.69, 9.17) is 20.3 Å². The van der Waals surface area contributed by atoms with Crippen molar-refractivity contribution in [1.29, 1.82) is 0 Å². The fourth-order valence-electron chi connectivity index (χ4n) is 1.41. The van der Waals surface area contributed by atoms with Crippen molar-refractivity contribution in [2.45, 2.75) is 12.0 Å². The third kappa shape index (κ3) is 2.83. The Balaban J connectivity index is 3.18. The molecule has 4 nitrogen and oxygen atoms in total. The average molecular weight is 247 g/mol. The van der Waals surface area contributed by atoms with E-state index in [-0.39, 0.29) is 11.3 Å². The van der Waals surface area contributed by atoms with Crippen LogP contribution in [0.2, 0.25) is 0 Å². The number of aliphatic hydroxyl groups excluding tert-OH is 1. The van der Waals surface area contributed by atoms with Gasteiger partial charge in [0.25, 0.3) is 5.92 Å². The van der Waals surface area contributed by atoms with E-state index < -0.39 is 18.6 Å². The largest absolute Gasteiger partial charge is 0.497 e. The van der Waals surface area contributed by atoms with Gasteiger partial charge in [-0.15, -0.1) is 0 Å². The number of halogens is 2. The zero-order chi connectivity index (χ0) is 13.1. The van der Waals surface area contributed by atoms with E-state index in [2.05, 4.69) is 0 Å². The third-order valence-corrected chi connectivity index (χ3v) is 2.44. The Morgan fingerprint density at radius 1 is 1.35 bits per heavy atom. The van der Waals surface area contributed by atoms with E-state index in [1.807, 2.05) is 0 Å². The molecular formula is C11H15F2NO3. The fourth-order valence-corrected chi connectivity index (χ4v) is 1.41. The molecule has 6 heteroatoms. The molecule has 1 rings (SSSR count). The molecule has 1 aromatic rings. The predicted molar refractivity (Wildman–Crippen MR) is 58.5 cm³/mol. The highest BCUT2D eigenvalue weighted by Crippen LogP contribution is 2.36. The van der Waals surface area contributed by atoms with E-state index in [1.54, 1.807) is 6.07 Å². The quantitative estimate of drug-likeness (QED) is 0.824. The summed E-state index contributed by atoms with van der Waals surface area (Å²) < 4.78 is 36.5. The molecule has 0 aliphatic carbocycles. The summed E-state index contributed by atoms with van der Waals surface area (Å²) in [6.45, 7) is -1.32. The highest BCUT2D eigenvalue weighted by atomic mass is 19.3. The Hall–Kier alpha value is -1.40. The van der Waals surface area contributed by atoms with Crippen LogP contribution in [-0.4, -0.2) is 31.9 Å². The molecular weight excluding hydrogens is 232 g/mol. The Kier molecular flexibility index (Phi) is 4.25. The second-order valence-corrected chi connectivity index (χ2v) is 3.50. The normalized spacial score (nSPS) is 13.3. The lowest BCUT2D eigenvalue weighted by atomic mass is 10.0.